The summed E-state index contributed by atoms with van der Waals surface area (Å²) < 4.78 is 22.8. The van der Waals surface area contributed by atoms with E-state index in [0.717, 1.165) is 11.1 Å². The van der Waals surface area contributed by atoms with Crippen LogP contribution in [0.15, 0.2) is 35.2 Å². The van der Waals surface area contributed by atoms with Crippen molar-refractivity contribution in [3.05, 3.63) is 36.0 Å². The SMILES string of the molecule is CS(=O)(=O)c1ccc2ccc(CBr)nc2c1. The van der Waals surface area contributed by atoms with E-state index in [1.807, 2.05) is 12.1 Å². The van der Waals surface area contributed by atoms with Crippen molar-refractivity contribution >= 4 is 36.7 Å². The average Bonchev–Trinajstić information content (AvgIpc) is 2.26. The molecule has 5 heteroatoms. The average molecular weight is 300 g/mol. The van der Waals surface area contributed by atoms with E-state index in [1.54, 1.807) is 18.2 Å². The van der Waals surface area contributed by atoms with Gasteiger partial charge in [0.1, 0.15) is 0 Å². The maximum absolute atomic E-state index is 11.4. The molecule has 84 valence electrons. The second-order valence-corrected chi connectivity index (χ2v) is 6.14. The molecule has 1 heterocycles. The lowest BCUT2D eigenvalue weighted by Crippen LogP contribution is -1.97. The zero-order valence-electron chi connectivity index (χ0n) is 8.64. The monoisotopic (exact) mass is 299 g/mol. The van der Waals surface area contributed by atoms with E-state index >= 15 is 0 Å². The van der Waals surface area contributed by atoms with Crippen LogP contribution >= 0.6 is 15.9 Å². The number of halogens is 1. The molecule has 0 bridgehead atoms. The van der Waals surface area contributed by atoms with E-state index in [-0.39, 0.29) is 0 Å². The molecule has 0 aliphatic heterocycles. The highest BCUT2D eigenvalue weighted by Gasteiger charge is 2.08. The first-order valence-electron chi connectivity index (χ1n) is 4.66. The number of sulfone groups is 1. The standard InChI is InChI=1S/C11H10BrNO2S/c1-16(14,15)10-5-3-8-2-4-9(7-12)13-11(8)6-10/h2-6H,7H2,1H3. The summed E-state index contributed by atoms with van der Waals surface area (Å²) in [5, 5.41) is 1.60. The Labute approximate surface area is 103 Å². The Kier molecular flexibility index (Phi) is 2.99. The Bertz CT molecular complexity index is 637. The van der Waals surface area contributed by atoms with Crippen molar-refractivity contribution < 1.29 is 8.42 Å². The molecule has 0 aliphatic rings. The van der Waals surface area contributed by atoms with E-state index < -0.39 is 9.84 Å². The number of rotatable bonds is 2. The first kappa shape index (κ1) is 11.5. The third-order valence-corrected chi connectivity index (χ3v) is 3.97. The molecule has 0 fully saturated rings. The van der Waals surface area contributed by atoms with Gasteiger partial charge in [-0.05, 0) is 18.2 Å². The molecule has 0 saturated carbocycles. The second kappa shape index (κ2) is 4.14. The van der Waals surface area contributed by atoms with Crippen LogP contribution in [0.3, 0.4) is 0 Å². The Balaban J connectivity index is 2.69. The third-order valence-electron chi connectivity index (χ3n) is 2.29. The van der Waals surface area contributed by atoms with Gasteiger partial charge in [-0.25, -0.2) is 8.42 Å². The lowest BCUT2D eigenvalue weighted by molar-refractivity contribution is 0.602. The Morgan fingerprint density at radius 1 is 1.25 bits per heavy atom. The fourth-order valence-corrected chi connectivity index (χ4v) is 2.40. The summed E-state index contributed by atoms with van der Waals surface area (Å²) in [5.41, 5.74) is 1.60. The molecule has 0 unspecified atom stereocenters. The van der Waals surface area contributed by atoms with Crippen LogP contribution in [0.2, 0.25) is 0 Å². The summed E-state index contributed by atoms with van der Waals surface area (Å²) in [6.45, 7) is 0. The van der Waals surface area contributed by atoms with Gasteiger partial charge in [0, 0.05) is 17.0 Å². The molecule has 0 N–H and O–H groups in total. The van der Waals surface area contributed by atoms with Gasteiger partial charge in [-0.1, -0.05) is 28.1 Å². The molecule has 0 spiro atoms. The smallest absolute Gasteiger partial charge is 0.175 e. The van der Waals surface area contributed by atoms with Crippen LogP contribution in [-0.2, 0) is 15.2 Å². The van der Waals surface area contributed by atoms with Gasteiger partial charge in [-0.2, -0.15) is 0 Å². The Morgan fingerprint density at radius 3 is 2.56 bits per heavy atom. The maximum atomic E-state index is 11.4. The van der Waals surface area contributed by atoms with Crippen LogP contribution in [0.4, 0.5) is 0 Å². The molecule has 1 aromatic heterocycles. The van der Waals surface area contributed by atoms with E-state index in [9.17, 15) is 8.42 Å². The topological polar surface area (TPSA) is 47.0 Å². The highest BCUT2D eigenvalue weighted by atomic mass is 79.9. The van der Waals surface area contributed by atoms with Crippen molar-refractivity contribution in [2.75, 3.05) is 6.26 Å². The van der Waals surface area contributed by atoms with Crippen LogP contribution in [0.25, 0.3) is 10.9 Å². The van der Waals surface area contributed by atoms with Crippen LogP contribution in [0.1, 0.15) is 5.69 Å². The minimum atomic E-state index is -3.17. The fourth-order valence-electron chi connectivity index (χ4n) is 1.44. The van der Waals surface area contributed by atoms with Crippen molar-refractivity contribution in [3.63, 3.8) is 0 Å². The normalized spacial score (nSPS) is 11.9. The molecule has 16 heavy (non-hydrogen) atoms. The zero-order valence-corrected chi connectivity index (χ0v) is 11.0. The first-order valence-corrected chi connectivity index (χ1v) is 7.68. The van der Waals surface area contributed by atoms with Gasteiger partial charge in [-0.3, -0.25) is 4.98 Å². The number of benzene rings is 1. The molecule has 0 aliphatic carbocycles. The van der Waals surface area contributed by atoms with Gasteiger partial charge >= 0.3 is 0 Å². The number of hydrogen-bond donors (Lipinski definition) is 0. The Hall–Kier alpha value is -0.940. The minimum absolute atomic E-state index is 0.305. The zero-order chi connectivity index (χ0) is 11.8. The molecule has 0 saturated heterocycles. The van der Waals surface area contributed by atoms with Crippen molar-refractivity contribution in [3.8, 4) is 0 Å². The summed E-state index contributed by atoms with van der Waals surface area (Å²) in [6.07, 6.45) is 1.20. The van der Waals surface area contributed by atoms with Crippen LogP contribution in [0.5, 0.6) is 0 Å². The molecular formula is C11H10BrNO2S. The molecule has 1 aromatic carbocycles. The molecule has 0 radical (unpaired) electrons. The van der Waals surface area contributed by atoms with Gasteiger partial charge in [0.25, 0.3) is 0 Å². The Morgan fingerprint density at radius 2 is 1.94 bits per heavy atom. The van der Waals surface area contributed by atoms with Gasteiger partial charge in [-0.15, -0.1) is 0 Å². The minimum Gasteiger partial charge on any atom is -0.252 e. The number of hydrogen-bond acceptors (Lipinski definition) is 3. The number of alkyl halides is 1. The molecule has 3 nitrogen and oxygen atoms in total. The fraction of sp³-hybridized carbons (Fsp3) is 0.182. The summed E-state index contributed by atoms with van der Waals surface area (Å²) in [4.78, 5) is 4.66. The van der Waals surface area contributed by atoms with Gasteiger partial charge < -0.3 is 0 Å². The number of nitrogens with zero attached hydrogens (tertiary/aromatic N) is 1. The largest absolute Gasteiger partial charge is 0.252 e. The van der Waals surface area contributed by atoms with Crippen LogP contribution < -0.4 is 0 Å². The van der Waals surface area contributed by atoms with Crippen molar-refractivity contribution in [2.24, 2.45) is 0 Å². The van der Waals surface area contributed by atoms with E-state index in [1.165, 1.54) is 6.26 Å². The van der Waals surface area contributed by atoms with Crippen LogP contribution in [0, 0.1) is 0 Å². The van der Waals surface area contributed by atoms with E-state index in [0.29, 0.717) is 15.7 Å². The van der Waals surface area contributed by atoms with Gasteiger partial charge in [0.15, 0.2) is 9.84 Å². The lowest BCUT2D eigenvalue weighted by atomic mass is 10.2. The molecule has 2 aromatic rings. The second-order valence-electron chi connectivity index (χ2n) is 3.56. The summed E-state index contributed by atoms with van der Waals surface area (Å²) in [6, 6.07) is 8.84. The van der Waals surface area contributed by atoms with Crippen molar-refractivity contribution in [2.45, 2.75) is 10.2 Å². The van der Waals surface area contributed by atoms with Gasteiger partial charge in [0.2, 0.25) is 0 Å². The highest BCUT2D eigenvalue weighted by Crippen LogP contribution is 2.18. The van der Waals surface area contributed by atoms with Crippen LogP contribution in [-0.4, -0.2) is 19.7 Å². The summed E-state index contributed by atoms with van der Waals surface area (Å²) in [5.74, 6) is 0. The first-order chi connectivity index (χ1) is 7.50. The molecule has 0 atom stereocenters. The number of pyridine rings is 1. The molecule has 2 rings (SSSR count). The van der Waals surface area contributed by atoms with E-state index in [2.05, 4.69) is 20.9 Å². The van der Waals surface area contributed by atoms with Crippen molar-refractivity contribution in [1.29, 1.82) is 0 Å². The third kappa shape index (κ3) is 2.25. The summed E-state index contributed by atoms with van der Waals surface area (Å²) in [7, 11) is -3.17. The maximum Gasteiger partial charge on any atom is 0.175 e. The predicted molar refractivity (Wildman–Crippen MR) is 67.5 cm³/mol. The quantitative estimate of drug-likeness (QED) is 0.801. The molecule has 0 amide bonds. The summed E-state index contributed by atoms with van der Waals surface area (Å²) >= 11 is 3.32. The van der Waals surface area contributed by atoms with E-state index in [4.69, 9.17) is 0 Å². The number of aromatic nitrogens is 1. The molecular weight excluding hydrogens is 290 g/mol. The highest BCUT2D eigenvalue weighted by molar-refractivity contribution is 9.08. The predicted octanol–water partition coefficient (Wildman–Crippen LogP) is 2.53. The number of fused-ring (bicyclic) bond motifs is 1. The lowest BCUT2D eigenvalue weighted by Gasteiger charge is -2.02. The van der Waals surface area contributed by atoms with Crippen molar-refractivity contribution in [1.82, 2.24) is 4.98 Å². The van der Waals surface area contributed by atoms with Gasteiger partial charge in [0.05, 0.1) is 16.1 Å².